The molecule has 0 bridgehead atoms. The van der Waals surface area contributed by atoms with Crippen molar-refractivity contribution in [2.75, 3.05) is 12.5 Å². The number of hydrogen-bond donors (Lipinski definition) is 1. The zero-order valence-electron chi connectivity index (χ0n) is 14.1. The Balaban J connectivity index is 1.76. The number of rotatable bonds is 7. The van der Waals surface area contributed by atoms with Gasteiger partial charge < -0.3 is 4.74 Å². The van der Waals surface area contributed by atoms with Gasteiger partial charge in [0.25, 0.3) is 0 Å². The van der Waals surface area contributed by atoms with E-state index < -0.39 is 4.92 Å². The average molecular weight is 351 g/mol. The second kappa shape index (κ2) is 7.93. The summed E-state index contributed by atoms with van der Waals surface area (Å²) in [6, 6.07) is 15.2. The van der Waals surface area contributed by atoms with Crippen LogP contribution in [0.2, 0.25) is 0 Å². The summed E-state index contributed by atoms with van der Waals surface area (Å²) in [4.78, 5) is 10.3. The highest BCUT2D eigenvalue weighted by Gasteiger charge is 2.11. The summed E-state index contributed by atoms with van der Waals surface area (Å²) in [5.74, 6) is 0.677. The second-order valence-corrected chi connectivity index (χ2v) is 5.46. The molecule has 2 aromatic carbocycles. The Morgan fingerprint density at radius 3 is 2.81 bits per heavy atom. The van der Waals surface area contributed by atoms with Crippen LogP contribution >= 0.6 is 0 Å². The van der Waals surface area contributed by atoms with E-state index in [1.807, 2.05) is 48.5 Å². The smallest absolute Gasteiger partial charge is 0.307 e. The van der Waals surface area contributed by atoms with Crippen molar-refractivity contribution >= 4 is 17.6 Å². The molecule has 0 amide bonds. The van der Waals surface area contributed by atoms with Crippen molar-refractivity contribution in [2.24, 2.45) is 5.10 Å². The molecule has 1 N–H and O–H groups in total. The van der Waals surface area contributed by atoms with Gasteiger partial charge in [0, 0.05) is 5.56 Å². The van der Waals surface area contributed by atoms with Crippen LogP contribution in [-0.2, 0) is 6.54 Å². The highest BCUT2D eigenvalue weighted by molar-refractivity contribution is 5.81. The Labute approximate surface area is 149 Å². The van der Waals surface area contributed by atoms with E-state index in [0.29, 0.717) is 12.3 Å². The molecule has 0 aliphatic rings. The summed E-state index contributed by atoms with van der Waals surface area (Å²) >= 11 is 0. The van der Waals surface area contributed by atoms with Gasteiger partial charge in [0.1, 0.15) is 18.1 Å². The molecule has 0 aliphatic heterocycles. The minimum Gasteiger partial charge on any atom is -0.496 e. The number of methoxy groups -OCH3 is 1. The highest BCUT2D eigenvalue weighted by Crippen LogP contribution is 2.21. The molecule has 0 spiro atoms. The molecule has 0 fully saturated rings. The van der Waals surface area contributed by atoms with Gasteiger partial charge in [-0.3, -0.25) is 20.2 Å². The third-order valence-corrected chi connectivity index (χ3v) is 3.65. The fourth-order valence-corrected chi connectivity index (χ4v) is 2.40. The van der Waals surface area contributed by atoms with Crippen LogP contribution in [0, 0.1) is 10.1 Å². The maximum Gasteiger partial charge on any atom is 0.307 e. The Kier molecular flexibility index (Phi) is 5.23. The molecule has 1 heterocycles. The van der Waals surface area contributed by atoms with E-state index in [-0.39, 0.29) is 5.69 Å². The number of hydrogen-bond acceptors (Lipinski definition) is 6. The van der Waals surface area contributed by atoms with Gasteiger partial charge in [0.2, 0.25) is 0 Å². The van der Waals surface area contributed by atoms with E-state index >= 15 is 0 Å². The number of hydrazone groups is 1. The summed E-state index contributed by atoms with van der Waals surface area (Å²) in [6.45, 7) is 0.352. The molecule has 132 valence electrons. The van der Waals surface area contributed by atoms with Gasteiger partial charge in [0.05, 0.1) is 30.5 Å². The van der Waals surface area contributed by atoms with Crippen LogP contribution in [0.25, 0.3) is 0 Å². The predicted octanol–water partition coefficient (Wildman–Crippen LogP) is 3.29. The molecule has 0 radical (unpaired) electrons. The van der Waals surface area contributed by atoms with Crippen molar-refractivity contribution in [1.82, 2.24) is 9.78 Å². The number of nitro groups is 1. The lowest BCUT2D eigenvalue weighted by Gasteiger charge is -2.09. The van der Waals surface area contributed by atoms with Crippen molar-refractivity contribution < 1.29 is 9.66 Å². The third kappa shape index (κ3) is 4.23. The first-order valence-electron chi connectivity index (χ1n) is 7.83. The van der Waals surface area contributed by atoms with E-state index in [1.54, 1.807) is 13.3 Å². The van der Waals surface area contributed by atoms with E-state index in [1.165, 1.54) is 17.1 Å². The highest BCUT2D eigenvalue weighted by atomic mass is 16.6. The summed E-state index contributed by atoms with van der Waals surface area (Å²) in [6.07, 6.45) is 4.31. The molecule has 3 rings (SSSR count). The summed E-state index contributed by atoms with van der Waals surface area (Å²) < 4.78 is 6.86. The van der Waals surface area contributed by atoms with E-state index in [9.17, 15) is 10.1 Å². The van der Waals surface area contributed by atoms with Crippen LogP contribution in [0.5, 0.6) is 5.75 Å². The fourth-order valence-electron chi connectivity index (χ4n) is 2.40. The normalized spacial score (nSPS) is 10.8. The number of para-hydroxylation sites is 1. The Morgan fingerprint density at radius 1 is 1.31 bits per heavy atom. The van der Waals surface area contributed by atoms with Crippen LogP contribution in [0.1, 0.15) is 11.1 Å². The summed E-state index contributed by atoms with van der Waals surface area (Å²) in [5.41, 5.74) is 5.50. The molecule has 1 aromatic heterocycles. The van der Waals surface area contributed by atoms with Crippen LogP contribution in [0.15, 0.2) is 66.0 Å². The standard InChI is InChI=1S/C18H17N5O3/c1-26-18-8-7-14(10-19-21-16-5-3-2-4-6-16)9-15(18)12-22-13-17(11-20-22)23(24)25/h2-11,13,21H,12H2,1H3. The lowest BCUT2D eigenvalue weighted by atomic mass is 10.1. The van der Waals surface area contributed by atoms with Crippen LogP contribution in [-0.4, -0.2) is 28.0 Å². The zero-order chi connectivity index (χ0) is 18.4. The van der Waals surface area contributed by atoms with Gasteiger partial charge in [-0.05, 0) is 35.9 Å². The van der Waals surface area contributed by atoms with Gasteiger partial charge in [-0.25, -0.2) is 0 Å². The van der Waals surface area contributed by atoms with Crippen molar-refractivity contribution in [3.63, 3.8) is 0 Å². The van der Waals surface area contributed by atoms with E-state index in [4.69, 9.17) is 4.74 Å². The van der Waals surface area contributed by atoms with Crippen LogP contribution in [0.4, 0.5) is 11.4 Å². The molecule has 0 saturated carbocycles. The zero-order valence-corrected chi connectivity index (χ0v) is 14.1. The average Bonchev–Trinajstić information content (AvgIpc) is 3.12. The lowest BCUT2D eigenvalue weighted by molar-refractivity contribution is -0.385. The Hall–Kier alpha value is -3.68. The Morgan fingerprint density at radius 2 is 2.12 bits per heavy atom. The van der Waals surface area contributed by atoms with Crippen LogP contribution < -0.4 is 10.2 Å². The monoisotopic (exact) mass is 351 g/mol. The Bertz CT molecular complexity index is 922. The van der Waals surface area contributed by atoms with Crippen molar-refractivity contribution in [1.29, 1.82) is 0 Å². The van der Waals surface area contributed by atoms with Gasteiger partial charge in [-0.1, -0.05) is 18.2 Å². The molecule has 0 atom stereocenters. The molecule has 0 saturated heterocycles. The maximum absolute atomic E-state index is 10.8. The lowest BCUT2D eigenvalue weighted by Crippen LogP contribution is -2.03. The fraction of sp³-hybridized carbons (Fsp3) is 0.111. The first-order chi connectivity index (χ1) is 12.7. The minimum absolute atomic E-state index is 0.0475. The number of nitrogens with one attached hydrogen (secondary N) is 1. The molecule has 0 aliphatic carbocycles. The van der Waals surface area contributed by atoms with E-state index in [0.717, 1.165) is 16.8 Å². The number of aromatic nitrogens is 2. The van der Waals surface area contributed by atoms with Gasteiger partial charge in [-0.15, -0.1) is 0 Å². The van der Waals surface area contributed by atoms with Crippen molar-refractivity contribution in [3.05, 3.63) is 82.2 Å². The molecule has 8 nitrogen and oxygen atoms in total. The second-order valence-electron chi connectivity index (χ2n) is 5.46. The number of nitrogens with zero attached hydrogens (tertiary/aromatic N) is 4. The van der Waals surface area contributed by atoms with E-state index in [2.05, 4.69) is 15.6 Å². The minimum atomic E-state index is -0.473. The quantitative estimate of drug-likeness (QED) is 0.400. The van der Waals surface area contributed by atoms with Crippen molar-refractivity contribution in [3.8, 4) is 5.75 Å². The number of anilines is 1. The van der Waals surface area contributed by atoms with Gasteiger partial charge >= 0.3 is 5.69 Å². The number of benzene rings is 2. The molecule has 8 heteroatoms. The first-order valence-corrected chi connectivity index (χ1v) is 7.83. The predicted molar refractivity (Wildman–Crippen MR) is 98.6 cm³/mol. The van der Waals surface area contributed by atoms with Crippen molar-refractivity contribution in [2.45, 2.75) is 6.54 Å². The topological polar surface area (TPSA) is 94.6 Å². The summed E-state index contributed by atoms with van der Waals surface area (Å²) in [7, 11) is 1.58. The molecule has 0 unspecified atom stereocenters. The maximum atomic E-state index is 10.8. The SMILES string of the molecule is COc1ccc(C=NNc2ccccc2)cc1Cn1cc([N+](=O)[O-])cn1. The van der Waals surface area contributed by atoms with Crippen LogP contribution in [0.3, 0.4) is 0 Å². The molecule has 3 aromatic rings. The largest absolute Gasteiger partial charge is 0.496 e. The van der Waals surface area contributed by atoms with Gasteiger partial charge in [0.15, 0.2) is 0 Å². The molecular weight excluding hydrogens is 334 g/mol. The number of ether oxygens (including phenoxy) is 1. The molecule has 26 heavy (non-hydrogen) atoms. The summed E-state index contributed by atoms with van der Waals surface area (Å²) in [5, 5.41) is 19.0. The third-order valence-electron chi connectivity index (χ3n) is 3.65. The molecular formula is C18H17N5O3. The first kappa shape index (κ1) is 17.2. The van der Waals surface area contributed by atoms with Gasteiger partial charge in [-0.2, -0.15) is 10.2 Å².